The van der Waals surface area contributed by atoms with Gasteiger partial charge in [-0.2, -0.15) is 0 Å². The number of carbonyl (C=O) groups excluding carboxylic acids is 1. The molecule has 0 spiro atoms. The van der Waals surface area contributed by atoms with Gasteiger partial charge in [-0.15, -0.1) is 0 Å². The molecule has 0 bridgehead atoms. The monoisotopic (exact) mass is 104 g/mol. The molecule has 0 amide bonds. The van der Waals surface area contributed by atoms with Gasteiger partial charge in [0.25, 0.3) is 6.47 Å². The Bertz CT molecular complexity index is 42.2. The summed E-state index contributed by atoms with van der Waals surface area (Å²) in [7, 11) is 0. The first-order valence-corrected chi connectivity index (χ1v) is 1.84. The molecule has 0 aliphatic heterocycles. The molecule has 3 heteroatoms. The van der Waals surface area contributed by atoms with Crippen molar-refractivity contribution in [1.29, 1.82) is 0 Å². The van der Waals surface area contributed by atoms with Crippen LogP contribution >= 0.6 is 0 Å². The van der Waals surface area contributed by atoms with Gasteiger partial charge in [0, 0.05) is 6.42 Å². The van der Waals surface area contributed by atoms with Crippen LogP contribution in [0.3, 0.4) is 0 Å². The summed E-state index contributed by atoms with van der Waals surface area (Å²) in [4.78, 5) is 17.5. The Morgan fingerprint density at radius 3 is 1.71 bits per heavy atom. The number of hydrogen-bond acceptors (Lipinski definition) is 2. The zero-order chi connectivity index (χ0) is 6.12. The van der Waals surface area contributed by atoms with Crippen molar-refractivity contribution >= 4 is 12.8 Å². The van der Waals surface area contributed by atoms with Crippen LogP contribution in [0.4, 0.5) is 0 Å². The molecular formula is C4H8O3. The maximum atomic E-state index is 9.17. The van der Waals surface area contributed by atoms with E-state index in [4.69, 9.17) is 9.90 Å². The minimum atomic E-state index is -0.250. The minimum absolute atomic E-state index is 0.250. The van der Waals surface area contributed by atoms with Gasteiger partial charge in [-0.3, -0.25) is 4.79 Å². The molecule has 7 heavy (non-hydrogen) atoms. The lowest BCUT2D eigenvalue weighted by atomic mass is 10.6. The van der Waals surface area contributed by atoms with Gasteiger partial charge in [0.05, 0.1) is 0 Å². The maximum Gasteiger partial charge on any atom is 0.290 e. The molecule has 3 nitrogen and oxygen atoms in total. The van der Waals surface area contributed by atoms with Crippen LogP contribution in [0.15, 0.2) is 0 Å². The van der Waals surface area contributed by atoms with Crippen LogP contribution in [0.2, 0.25) is 0 Å². The van der Waals surface area contributed by atoms with Gasteiger partial charge in [0.15, 0.2) is 0 Å². The molecule has 0 aliphatic rings. The second-order valence-corrected chi connectivity index (χ2v) is 0.680. The van der Waals surface area contributed by atoms with Crippen molar-refractivity contribution in [3.8, 4) is 0 Å². The Morgan fingerprint density at radius 1 is 1.57 bits per heavy atom. The predicted molar refractivity (Wildman–Crippen MR) is 25.0 cm³/mol. The normalized spacial score (nSPS) is 5.29. The summed E-state index contributed by atoms with van der Waals surface area (Å²) in [5.41, 5.74) is 0. The summed E-state index contributed by atoms with van der Waals surface area (Å²) >= 11 is 0. The van der Waals surface area contributed by atoms with E-state index >= 15 is 0 Å². The Hall–Kier alpha value is -0.860. The highest BCUT2D eigenvalue weighted by molar-refractivity contribution is 5.48. The molecular weight excluding hydrogens is 96.0 g/mol. The topological polar surface area (TPSA) is 54.4 Å². The highest BCUT2D eigenvalue weighted by Crippen LogP contribution is 1.53. The third-order valence-corrected chi connectivity index (χ3v) is 0.167. The summed E-state index contributed by atoms with van der Waals surface area (Å²) in [6, 6.07) is 0. The molecule has 0 aliphatic carbocycles. The summed E-state index contributed by atoms with van der Waals surface area (Å²) < 4.78 is 0. The standard InChI is InChI=1S/C3H6O.CH2O2/c1-2-3-4;2-1-3/h3H,2H2,1H3;1H,(H,2,3). The second-order valence-electron chi connectivity index (χ2n) is 0.680. The summed E-state index contributed by atoms with van der Waals surface area (Å²) in [5, 5.41) is 6.89. The van der Waals surface area contributed by atoms with Gasteiger partial charge in [-0.05, 0) is 0 Å². The largest absolute Gasteiger partial charge is 0.483 e. The second kappa shape index (κ2) is 19.2. The average molecular weight is 104 g/mol. The van der Waals surface area contributed by atoms with Gasteiger partial charge >= 0.3 is 0 Å². The first kappa shape index (κ1) is 9.46. The average Bonchev–Trinajstić information content (AvgIpc) is 1.69. The Kier molecular flexibility index (Phi) is 26.0. The quantitative estimate of drug-likeness (QED) is 0.486. The van der Waals surface area contributed by atoms with Crippen LogP contribution in [-0.4, -0.2) is 17.9 Å². The van der Waals surface area contributed by atoms with Crippen LogP contribution in [0.25, 0.3) is 0 Å². The summed E-state index contributed by atoms with van der Waals surface area (Å²) in [6.45, 7) is 1.56. The van der Waals surface area contributed by atoms with Crippen molar-refractivity contribution in [3.05, 3.63) is 0 Å². The van der Waals surface area contributed by atoms with Crippen molar-refractivity contribution in [3.63, 3.8) is 0 Å². The first-order valence-electron chi connectivity index (χ1n) is 1.84. The van der Waals surface area contributed by atoms with E-state index in [1.165, 1.54) is 0 Å². The van der Waals surface area contributed by atoms with Gasteiger partial charge in [0.1, 0.15) is 6.29 Å². The summed E-state index contributed by atoms with van der Waals surface area (Å²) in [6.07, 6.45) is 1.51. The highest BCUT2D eigenvalue weighted by Gasteiger charge is 1.52. The third kappa shape index (κ3) is 2590. The van der Waals surface area contributed by atoms with Crippen molar-refractivity contribution in [2.45, 2.75) is 13.3 Å². The van der Waals surface area contributed by atoms with Crippen LogP contribution in [0, 0.1) is 0 Å². The van der Waals surface area contributed by atoms with E-state index in [0.717, 1.165) is 6.29 Å². The van der Waals surface area contributed by atoms with Crippen molar-refractivity contribution in [1.82, 2.24) is 0 Å². The number of aldehydes is 1. The Morgan fingerprint density at radius 2 is 1.71 bits per heavy atom. The van der Waals surface area contributed by atoms with Crippen LogP contribution < -0.4 is 0 Å². The number of carbonyl (C=O) groups is 2. The number of rotatable bonds is 1. The lowest BCUT2D eigenvalue weighted by Crippen LogP contribution is -1.55. The third-order valence-electron chi connectivity index (χ3n) is 0.167. The molecule has 0 saturated heterocycles. The first-order chi connectivity index (χ1) is 3.33. The minimum Gasteiger partial charge on any atom is -0.483 e. The molecule has 0 radical (unpaired) electrons. The fraction of sp³-hybridized carbons (Fsp3) is 0.500. The van der Waals surface area contributed by atoms with E-state index in [-0.39, 0.29) is 6.47 Å². The molecule has 0 aromatic heterocycles. The molecule has 0 fully saturated rings. The van der Waals surface area contributed by atoms with Crippen LogP contribution in [0.1, 0.15) is 13.3 Å². The van der Waals surface area contributed by atoms with Crippen LogP contribution in [0.5, 0.6) is 0 Å². The Labute approximate surface area is 42.0 Å². The molecule has 0 aromatic carbocycles. The lowest BCUT2D eigenvalue weighted by Gasteiger charge is -1.51. The molecule has 0 saturated carbocycles. The molecule has 0 unspecified atom stereocenters. The molecule has 1 N–H and O–H groups in total. The van der Waals surface area contributed by atoms with E-state index in [9.17, 15) is 4.79 Å². The molecule has 0 heterocycles. The predicted octanol–water partition coefficient (Wildman–Crippen LogP) is 0.296. The highest BCUT2D eigenvalue weighted by atomic mass is 16.3. The smallest absolute Gasteiger partial charge is 0.290 e. The fourth-order valence-electron chi connectivity index (χ4n) is 0. The van der Waals surface area contributed by atoms with E-state index in [0.29, 0.717) is 6.42 Å². The van der Waals surface area contributed by atoms with Crippen molar-refractivity contribution < 1.29 is 14.7 Å². The van der Waals surface area contributed by atoms with E-state index in [1.807, 2.05) is 6.92 Å². The zero-order valence-electron chi connectivity index (χ0n) is 4.13. The van der Waals surface area contributed by atoms with Gasteiger partial charge in [-0.1, -0.05) is 6.92 Å². The number of hydrogen-bond donors (Lipinski definition) is 1. The van der Waals surface area contributed by atoms with Gasteiger partial charge < -0.3 is 9.90 Å². The van der Waals surface area contributed by atoms with Gasteiger partial charge in [0.2, 0.25) is 0 Å². The fourth-order valence-corrected chi connectivity index (χ4v) is 0. The molecule has 0 aromatic rings. The van der Waals surface area contributed by atoms with E-state index in [1.54, 1.807) is 0 Å². The molecule has 42 valence electrons. The lowest BCUT2D eigenvalue weighted by molar-refractivity contribution is -0.122. The molecule has 0 rings (SSSR count). The zero-order valence-corrected chi connectivity index (χ0v) is 4.13. The molecule has 0 atom stereocenters. The maximum absolute atomic E-state index is 9.17. The number of carboxylic acid groups (broad SMARTS) is 1. The van der Waals surface area contributed by atoms with Crippen molar-refractivity contribution in [2.24, 2.45) is 0 Å². The SMILES string of the molecule is CCC=O.O=CO. The Balaban J connectivity index is 0. The van der Waals surface area contributed by atoms with Gasteiger partial charge in [-0.25, -0.2) is 0 Å². The van der Waals surface area contributed by atoms with Crippen molar-refractivity contribution in [2.75, 3.05) is 0 Å². The van der Waals surface area contributed by atoms with Crippen LogP contribution in [-0.2, 0) is 9.59 Å². The summed E-state index contributed by atoms with van der Waals surface area (Å²) in [5.74, 6) is 0. The van der Waals surface area contributed by atoms with E-state index < -0.39 is 0 Å². The van der Waals surface area contributed by atoms with E-state index in [2.05, 4.69) is 0 Å².